The Kier molecular flexibility index (Phi) is 8.04. The quantitative estimate of drug-likeness (QED) is 0.600. The van der Waals surface area contributed by atoms with Crippen molar-refractivity contribution >= 4 is 18.2 Å². The summed E-state index contributed by atoms with van der Waals surface area (Å²) >= 11 is 0. The molecule has 1 atom stereocenters. The number of hydrazone groups is 1. The number of hydrogen-bond acceptors (Lipinski definition) is 4. The van der Waals surface area contributed by atoms with Crippen molar-refractivity contribution in [2.75, 3.05) is 6.61 Å². The van der Waals surface area contributed by atoms with Crippen molar-refractivity contribution in [1.82, 2.24) is 10.7 Å². The molecule has 0 bridgehead atoms. The standard InChI is InChI=1S/C16H21N3O3/c1-3-5-11-17-19-15(20)12-14(18-16(21)22-4-2)13-9-7-6-8-10-13/h3,5-11,14H,4,12H2,1-2H3,(H,18,21)(H,19,20)/b5-3+,17-11-/t14-/m1/s1. The highest BCUT2D eigenvalue weighted by Gasteiger charge is 2.18. The Labute approximate surface area is 130 Å². The van der Waals surface area contributed by atoms with E-state index in [0.717, 1.165) is 5.56 Å². The lowest BCUT2D eigenvalue weighted by atomic mass is 10.0. The minimum Gasteiger partial charge on any atom is -0.450 e. The number of rotatable bonds is 7. The second-order valence-corrected chi connectivity index (χ2v) is 4.37. The Morgan fingerprint density at radius 3 is 2.68 bits per heavy atom. The fourth-order valence-corrected chi connectivity index (χ4v) is 1.72. The maximum absolute atomic E-state index is 11.9. The van der Waals surface area contributed by atoms with Crippen LogP contribution in [0.3, 0.4) is 0 Å². The maximum atomic E-state index is 11.9. The predicted octanol–water partition coefficient (Wildman–Crippen LogP) is 2.54. The highest BCUT2D eigenvalue weighted by atomic mass is 16.5. The van der Waals surface area contributed by atoms with E-state index in [9.17, 15) is 9.59 Å². The van der Waals surface area contributed by atoms with Gasteiger partial charge in [-0.3, -0.25) is 4.79 Å². The number of ether oxygens (including phenoxy) is 1. The van der Waals surface area contributed by atoms with Gasteiger partial charge in [-0.1, -0.05) is 36.4 Å². The van der Waals surface area contributed by atoms with Crippen LogP contribution >= 0.6 is 0 Å². The third-order valence-electron chi connectivity index (χ3n) is 2.70. The molecule has 0 spiro atoms. The monoisotopic (exact) mass is 303 g/mol. The summed E-state index contributed by atoms with van der Waals surface area (Å²) in [5.74, 6) is -0.300. The highest BCUT2D eigenvalue weighted by Crippen LogP contribution is 2.16. The van der Waals surface area contributed by atoms with Gasteiger partial charge in [-0.15, -0.1) is 0 Å². The molecule has 0 aromatic heterocycles. The zero-order valence-corrected chi connectivity index (χ0v) is 12.8. The molecule has 0 aliphatic heterocycles. The van der Waals surface area contributed by atoms with Crippen LogP contribution in [0.2, 0.25) is 0 Å². The third kappa shape index (κ3) is 6.69. The summed E-state index contributed by atoms with van der Waals surface area (Å²) in [7, 11) is 0. The van der Waals surface area contributed by atoms with Gasteiger partial charge in [-0.25, -0.2) is 10.2 Å². The van der Waals surface area contributed by atoms with Gasteiger partial charge in [0, 0.05) is 6.21 Å². The van der Waals surface area contributed by atoms with Crippen LogP contribution in [0.4, 0.5) is 4.79 Å². The number of nitrogens with zero attached hydrogens (tertiary/aromatic N) is 1. The zero-order chi connectivity index (χ0) is 16.2. The van der Waals surface area contributed by atoms with Gasteiger partial charge in [-0.2, -0.15) is 5.10 Å². The first-order valence-corrected chi connectivity index (χ1v) is 7.08. The number of amides is 2. The molecule has 22 heavy (non-hydrogen) atoms. The zero-order valence-electron chi connectivity index (χ0n) is 12.8. The Hall–Kier alpha value is -2.63. The van der Waals surface area contributed by atoms with Crippen LogP contribution in [0.5, 0.6) is 0 Å². The molecule has 2 amide bonds. The van der Waals surface area contributed by atoms with E-state index >= 15 is 0 Å². The molecule has 0 aliphatic carbocycles. The van der Waals surface area contributed by atoms with Crippen LogP contribution in [0.25, 0.3) is 0 Å². The molecule has 6 heteroatoms. The first-order chi connectivity index (χ1) is 10.7. The van der Waals surface area contributed by atoms with Crippen molar-refractivity contribution in [3.8, 4) is 0 Å². The number of hydrogen-bond donors (Lipinski definition) is 2. The average molecular weight is 303 g/mol. The summed E-state index contributed by atoms with van der Waals surface area (Å²) in [6.45, 7) is 3.84. The third-order valence-corrected chi connectivity index (χ3v) is 2.70. The molecule has 0 saturated carbocycles. The van der Waals surface area contributed by atoms with Crippen LogP contribution in [0, 0.1) is 0 Å². The minimum absolute atomic E-state index is 0.0655. The van der Waals surface area contributed by atoms with Gasteiger partial charge >= 0.3 is 6.09 Å². The van der Waals surface area contributed by atoms with Crippen molar-refractivity contribution < 1.29 is 14.3 Å². The smallest absolute Gasteiger partial charge is 0.407 e. The molecule has 0 saturated heterocycles. The molecule has 1 aromatic rings. The first kappa shape index (κ1) is 17.4. The predicted molar refractivity (Wildman–Crippen MR) is 85.4 cm³/mol. The van der Waals surface area contributed by atoms with Crippen molar-refractivity contribution in [2.24, 2.45) is 5.10 Å². The van der Waals surface area contributed by atoms with Crippen LogP contribution < -0.4 is 10.7 Å². The molecule has 0 aliphatic rings. The van der Waals surface area contributed by atoms with E-state index in [-0.39, 0.29) is 18.9 Å². The molecule has 118 valence electrons. The number of carbonyl (C=O) groups is 2. The highest BCUT2D eigenvalue weighted by molar-refractivity contribution is 5.80. The fraction of sp³-hybridized carbons (Fsp3) is 0.312. The van der Waals surface area contributed by atoms with Gasteiger partial charge < -0.3 is 10.1 Å². The Morgan fingerprint density at radius 1 is 1.32 bits per heavy atom. The molecule has 1 rings (SSSR count). The molecule has 0 fully saturated rings. The van der Waals surface area contributed by atoms with E-state index in [1.807, 2.05) is 37.3 Å². The van der Waals surface area contributed by atoms with Gasteiger partial charge in [0.25, 0.3) is 0 Å². The SMILES string of the molecule is C/C=C/C=N\NC(=O)C[C@@H](NC(=O)OCC)c1ccccc1. The summed E-state index contributed by atoms with van der Waals surface area (Å²) < 4.78 is 4.87. The topological polar surface area (TPSA) is 79.8 Å². The van der Waals surface area contributed by atoms with Gasteiger partial charge in [0.1, 0.15) is 0 Å². The number of alkyl carbamates (subject to hydrolysis) is 1. The number of allylic oxidation sites excluding steroid dienone is 2. The number of nitrogens with one attached hydrogen (secondary N) is 2. The molecular formula is C16H21N3O3. The van der Waals surface area contributed by atoms with Gasteiger partial charge in [-0.05, 0) is 25.5 Å². The number of carbonyl (C=O) groups excluding carboxylic acids is 2. The second kappa shape index (κ2) is 10.1. The summed E-state index contributed by atoms with van der Waals surface area (Å²) in [4.78, 5) is 23.5. The lowest BCUT2D eigenvalue weighted by Gasteiger charge is -2.17. The second-order valence-electron chi connectivity index (χ2n) is 4.37. The lowest BCUT2D eigenvalue weighted by molar-refractivity contribution is -0.121. The summed E-state index contributed by atoms with van der Waals surface area (Å²) in [6, 6.07) is 8.76. The molecule has 1 aromatic carbocycles. The minimum atomic E-state index is -0.554. The lowest BCUT2D eigenvalue weighted by Crippen LogP contribution is -2.33. The van der Waals surface area contributed by atoms with Crippen molar-refractivity contribution in [2.45, 2.75) is 26.3 Å². The van der Waals surface area contributed by atoms with E-state index in [1.165, 1.54) is 6.21 Å². The Balaban J connectivity index is 2.69. The van der Waals surface area contributed by atoms with E-state index in [4.69, 9.17) is 4.74 Å². The molecule has 0 radical (unpaired) electrons. The Bertz CT molecular complexity index is 527. The summed E-state index contributed by atoms with van der Waals surface area (Å²) in [5.41, 5.74) is 3.23. The summed E-state index contributed by atoms with van der Waals surface area (Å²) in [6.07, 6.45) is 4.49. The average Bonchev–Trinajstić information content (AvgIpc) is 2.52. The van der Waals surface area contributed by atoms with Crippen LogP contribution in [0.15, 0.2) is 47.6 Å². The van der Waals surface area contributed by atoms with Gasteiger partial charge in [0.05, 0.1) is 19.1 Å². The molecule has 0 heterocycles. The van der Waals surface area contributed by atoms with Gasteiger partial charge in [0.15, 0.2) is 0 Å². The maximum Gasteiger partial charge on any atom is 0.407 e. The first-order valence-electron chi connectivity index (χ1n) is 7.08. The van der Waals surface area contributed by atoms with Crippen LogP contribution in [-0.2, 0) is 9.53 Å². The summed E-state index contributed by atoms with van der Waals surface area (Å²) in [5, 5.41) is 6.45. The fourth-order valence-electron chi connectivity index (χ4n) is 1.72. The van der Waals surface area contributed by atoms with E-state index in [2.05, 4.69) is 15.8 Å². The van der Waals surface area contributed by atoms with Crippen LogP contribution in [-0.4, -0.2) is 24.8 Å². The van der Waals surface area contributed by atoms with E-state index in [1.54, 1.807) is 19.1 Å². The molecular weight excluding hydrogens is 282 g/mol. The Morgan fingerprint density at radius 2 is 2.05 bits per heavy atom. The van der Waals surface area contributed by atoms with Crippen molar-refractivity contribution in [3.05, 3.63) is 48.0 Å². The largest absolute Gasteiger partial charge is 0.450 e. The van der Waals surface area contributed by atoms with Gasteiger partial charge in [0.2, 0.25) is 5.91 Å². The normalized spacial score (nSPS) is 12.3. The van der Waals surface area contributed by atoms with E-state index in [0.29, 0.717) is 0 Å². The van der Waals surface area contributed by atoms with Crippen molar-refractivity contribution in [1.29, 1.82) is 0 Å². The molecule has 2 N–H and O–H groups in total. The van der Waals surface area contributed by atoms with Crippen LogP contribution in [0.1, 0.15) is 31.9 Å². The molecule has 6 nitrogen and oxygen atoms in total. The molecule has 0 unspecified atom stereocenters. The number of benzene rings is 1. The van der Waals surface area contributed by atoms with Crippen molar-refractivity contribution in [3.63, 3.8) is 0 Å². The van der Waals surface area contributed by atoms with E-state index < -0.39 is 12.1 Å².